The van der Waals surface area contributed by atoms with E-state index in [9.17, 15) is 0 Å². The van der Waals surface area contributed by atoms with E-state index >= 15 is 0 Å². The van der Waals surface area contributed by atoms with Crippen LogP contribution in [0.1, 0.15) is 0 Å². The van der Waals surface area contributed by atoms with E-state index in [1.54, 1.807) is 0 Å². The van der Waals surface area contributed by atoms with Gasteiger partial charge in [0, 0.05) is 61.9 Å². The molecule has 0 atom stereocenters. The summed E-state index contributed by atoms with van der Waals surface area (Å²) in [4.78, 5) is 0. The number of benzene rings is 15. The van der Waals surface area contributed by atoms with Gasteiger partial charge < -0.3 is 13.3 Å². The third-order valence-corrected chi connectivity index (χ3v) is 18.2. The van der Waals surface area contributed by atoms with Crippen molar-refractivity contribution in [2.24, 2.45) is 0 Å². The molecule has 84 heavy (non-hydrogen) atoms. The minimum Gasteiger partial charge on any atom is -0.455 e. The van der Waals surface area contributed by atoms with Gasteiger partial charge in [-0.15, -0.1) is 0 Å². The molecule has 0 aliphatic carbocycles. The standard InChI is InChI=1S/C30H17BrO.C26H15BrO.C22H13BrO/c31-23-10-13-25-22(16-23)6-5-21-15-19(8-11-24(21)25)20-9-14-29-28(17-20)27-12-7-18-3-1-2-4-26(18)30(27)32-29;27-24-15-19(13-18-6-2-3-7-20(18)24)17-10-12-25-23(14-17)22-11-9-16-5-1-4-8-21(16)26(22)28-25;23-17-9-5-14(6-10-17)16-8-12-21-20(13-16)19-11-7-15-3-1-2-4-18(15)22(19)24-21/h1-17H;1-15H;1-13H. The van der Waals surface area contributed by atoms with Crippen LogP contribution in [-0.4, -0.2) is 0 Å². The van der Waals surface area contributed by atoms with Crippen LogP contribution >= 0.6 is 47.8 Å². The maximum absolute atomic E-state index is 6.28. The smallest absolute Gasteiger partial charge is 0.143 e. The molecule has 396 valence electrons. The Balaban J connectivity index is 0.000000104. The lowest BCUT2D eigenvalue weighted by molar-refractivity contribution is 0.672. The van der Waals surface area contributed by atoms with E-state index in [-0.39, 0.29) is 0 Å². The highest BCUT2D eigenvalue weighted by molar-refractivity contribution is 9.11. The number of furan rings is 3. The van der Waals surface area contributed by atoms with Crippen molar-refractivity contribution < 1.29 is 13.3 Å². The number of hydrogen-bond donors (Lipinski definition) is 0. The van der Waals surface area contributed by atoms with Crippen LogP contribution in [-0.2, 0) is 0 Å². The molecule has 0 aliphatic rings. The maximum atomic E-state index is 6.28. The molecule has 15 aromatic carbocycles. The van der Waals surface area contributed by atoms with Gasteiger partial charge in [-0.2, -0.15) is 0 Å². The van der Waals surface area contributed by atoms with E-state index in [1.807, 2.05) is 0 Å². The Morgan fingerprint density at radius 3 is 1.04 bits per heavy atom. The van der Waals surface area contributed by atoms with Gasteiger partial charge in [0.1, 0.15) is 33.5 Å². The molecule has 0 bridgehead atoms. The second-order valence-corrected chi connectivity index (χ2v) is 24.2. The third kappa shape index (κ3) is 8.83. The van der Waals surface area contributed by atoms with E-state index < -0.39 is 0 Å². The molecule has 0 fully saturated rings. The van der Waals surface area contributed by atoms with Crippen LogP contribution in [0.25, 0.3) is 164 Å². The van der Waals surface area contributed by atoms with E-state index in [2.05, 4.69) is 321 Å². The summed E-state index contributed by atoms with van der Waals surface area (Å²) in [6, 6.07) is 96.5. The molecule has 0 unspecified atom stereocenters. The largest absolute Gasteiger partial charge is 0.455 e. The monoisotopic (exact) mass is 1270 g/mol. The quantitative estimate of drug-likeness (QED) is 0.166. The molecule has 0 radical (unpaired) electrons. The highest BCUT2D eigenvalue weighted by Gasteiger charge is 2.16. The van der Waals surface area contributed by atoms with Gasteiger partial charge in [-0.1, -0.05) is 224 Å². The summed E-state index contributed by atoms with van der Waals surface area (Å²) < 4.78 is 22.0. The molecule has 3 aromatic heterocycles. The molecule has 0 N–H and O–H groups in total. The van der Waals surface area contributed by atoms with Crippen LogP contribution in [0.4, 0.5) is 0 Å². The molecule has 0 amide bonds. The SMILES string of the molecule is Brc1cc(-c2ccc3oc4c5ccccc5ccc4c3c2)cc2ccccc12.Brc1ccc(-c2ccc3oc4c5ccccc5ccc4c3c2)cc1.Brc1ccc2c(ccc3cc(-c4ccc5oc6c7ccccc7ccc6c5c4)ccc32)c1. The Hall–Kier alpha value is -9.30. The molecule has 18 aromatic rings. The van der Waals surface area contributed by atoms with Gasteiger partial charge in [-0.25, -0.2) is 0 Å². The van der Waals surface area contributed by atoms with Crippen LogP contribution < -0.4 is 0 Å². The Labute approximate surface area is 507 Å². The van der Waals surface area contributed by atoms with Crippen LogP contribution in [0, 0.1) is 0 Å². The maximum Gasteiger partial charge on any atom is 0.143 e. The predicted molar refractivity (Wildman–Crippen MR) is 366 cm³/mol. The van der Waals surface area contributed by atoms with Gasteiger partial charge in [-0.05, 0) is 179 Å². The zero-order valence-electron chi connectivity index (χ0n) is 44.8. The summed E-state index contributed by atoms with van der Waals surface area (Å²) in [6.45, 7) is 0. The van der Waals surface area contributed by atoms with E-state index in [0.717, 1.165) is 90.0 Å². The van der Waals surface area contributed by atoms with Gasteiger partial charge in [0.05, 0.1) is 0 Å². The highest BCUT2D eigenvalue weighted by Crippen LogP contribution is 2.41. The van der Waals surface area contributed by atoms with Crippen LogP contribution in [0.2, 0.25) is 0 Å². The molecule has 0 spiro atoms. The number of rotatable bonds is 3. The van der Waals surface area contributed by atoms with Crippen molar-refractivity contribution in [3.05, 3.63) is 286 Å². The summed E-state index contributed by atoms with van der Waals surface area (Å²) in [5.41, 5.74) is 12.9. The van der Waals surface area contributed by atoms with Gasteiger partial charge in [0.25, 0.3) is 0 Å². The van der Waals surface area contributed by atoms with Gasteiger partial charge in [0.2, 0.25) is 0 Å². The zero-order valence-corrected chi connectivity index (χ0v) is 49.6. The summed E-state index contributed by atoms with van der Waals surface area (Å²) in [5.74, 6) is 0. The summed E-state index contributed by atoms with van der Waals surface area (Å²) in [5, 5.41) is 21.6. The van der Waals surface area contributed by atoms with Crippen molar-refractivity contribution in [2.75, 3.05) is 0 Å². The number of fused-ring (bicyclic) bond motifs is 19. The van der Waals surface area contributed by atoms with Gasteiger partial charge in [-0.3, -0.25) is 0 Å². The fourth-order valence-electron chi connectivity index (χ4n) is 12.3. The van der Waals surface area contributed by atoms with Crippen LogP contribution in [0.3, 0.4) is 0 Å². The molecule has 3 heterocycles. The van der Waals surface area contributed by atoms with Crippen molar-refractivity contribution in [2.45, 2.75) is 0 Å². The van der Waals surface area contributed by atoms with E-state index in [1.165, 1.54) is 87.2 Å². The summed E-state index contributed by atoms with van der Waals surface area (Å²) >= 11 is 10.8. The normalized spacial score (nSPS) is 11.8. The Bertz CT molecular complexity index is 5670. The Morgan fingerprint density at radius 1 is 0.190 bits per heavy atom. The number of hydrogen-bond acceptors (Lipinski definition) is 3. The van der Waals surface area contributed by atoms with Crippen molar-refractivity contribution in [1.82, 2.24) is 0 Å². The topological polar surface area (TPSA) is 39.4 Å². The summed E-state index contributed by atoms with van der Waals surface area (Å²) in [7, 11) is 0. The highest BCUT2D eigenvalue weighted by atomic mass is 79.9. The van der Waals surface area contributed by atoms with Crippen LogP contribution in [0.5, 0.6) is 0 Å². The van der Waals surface area contributed by atoms with Crippen molar-refractivity contribution >= 4 is 178 Å². The minimum atomic E-state index is 0.926. The van der Waals surface area contributed by atoms with E-state index in [4.69, 9.17) is 13.3 Å². The lowest BCUT2D eigenvalue weighted by Crippen LogP contribution is -1.82. The minimum absolute atomic E-state index is 0.926. The molecule has 3 nitrogen and oxygen atoms in total. The predicted octanol–water partition coefficient (Wildman–Crippen LogP) is 25.0. The average molecular weight is 1270 g/mol. The first-order valence-corrected chi connectivity index (χ1v) is 30.3. The van der Waals surface area contributed by atoms with Gasteiger partial charge in [0.15, 0.2) is 0 Å². The third-order valence-electron chi connectivity index (χ3n) is 16.5. The average Bonchev–Trinajstić information content (AvgIpc) is 4.34. The molecular formula is C78H45Br3O3. The second kappa shape index (κ2) is 20.5. The fraction of sp³-hybridized carbons (Fsp3) is 0. The molecule has 6 heteroatoms. The van der Waals surface area contributed by atoms with Crippen LogP contribution in [0.15, 0.2) is 300 Å². The zero-order chi connectivity index (χ0) is 56.0. The molecular weight excluding hydrogens is 1220 g/mol. The van der Waals surface area contributed by atoms with Crippen molar-refractivity contribution in [3.63, 3.8) is 0 Å². The molecule has 18 rings (SSSR count). The second-order valence-electron chi connectivity index (χ2n) is 21.5. The van der Waals surface area contributed by atoms with E-state index in [0.29, 0.717) is 0 Å². The van der Waals surface area contributed by atoms with Gasteiger partial charge >= 0.3 is 0 Å². The molecule has 0 saturated heterocycles. The first-order valence-electron chi connectivity index (χ1n) is 27.9. The first-order chi connectivity index (χ1) is 41.3. The first kappa shape index (κ1) is 50.4. The fourth-order valence-corrected chi connectivity index (χ4v) is 13.6. The molecule has 0 saturated carbocycles. The Morgan fingerprint density at radius 2 is 0.524 bits per heavy atom. The number of halogens is 3. The lowest BCUT2D eigenvalue weighted by Gasteiger charge is -2.08. The molecule has 0 aliphatic heterocycles. The summed E-state index contributed by atoms with van der Waals surface area (Å²) in [6.07, 6.45) is 0. The van der Waals surface area contributed by atoms with Crippen molar-refractivity contribution in [3.8, 4) is 33.4 Å². The lowest BCUT2D eigenvalue weighted by atomic mass is 9.96. The Kier molecular flexibility index (Phi) is 12.3. The van der Waals surface area contributed by atoms with Crippen molar-refractivity contribution in [1.29, 1.82) is 0 Å².